The van der Waals surface area contributed by atoms with E-state index < -0.39 is 12.1 Å². The van der Waals surface area contributed by atoms with Gasteiger partial charge < -0.3 is 30.2 Å². The van der Waals surface area contributed by atoms with E-state index in [0.29, 0.717) is 37.9 Å². The zero-order chi connectivity index (χ0) is 29.7. The summed E-state index contributed by atoms with van der Waals surface area (Å²) in [6.07, 6.45) is 1.87. The monoisotopic (exact) mass is 568 g/mol. The first kappa shape index (κ1) is 30.5. The molecule has 0 radical (unpaired) electrons. The second kappa shape index (κ2) is 13.5. The molecule has 1 aromatic rings. The molecule has 3 heterocycles. The maximum Gasteiger partial charge on any atom is 0.251 e. The standard InChI is InChI=1S/C30H44N6O5/c1-5-24(32-21(3)37)30(41)36-19-26(38)28-25(36)11-13-35(28)27(39)18-20(2)10-12-31-29(40)22-6-8-23(9-7-22)34-16-14-33(4)15-17-34/h6-9,20,24-25,28H,5,10-19H2,1-4H3,(H,31,40)(H,32,37). The number of benzene rings is 1. The molecule has 11 nitrogen and oxygen atoms in total. The normalized spacial score (nSPS) is 22.3. The van der Waals surface area contributed by atoms with Crippen LogP contribution in [0.4, 0.5) is 5.69 Å². The Bertz CT molecular complexity index is 1130. The van der Waals surface area contributed by atoms with Crippen LogP contribution >= 0.6 is 0 Å². The van der Waals surface area contributed by atoms with Gasteiger partial charge in [-0.3, -0.25) is 24.0 Å². The van der Waals surface area contributed by atoms with E-state index >= 15 is 0 Å². The van der Waals surface area contributed by atoms with Gasteiger partial charge in [-0.25, -0.2) is 0 Å². The van der Waals surface area contributed by atoms with Gasteiger partial charge in [-0.15, -0.1) is 0 Å². The minimum atomic E-state index is -0.672. The number of ketones is 1. The van der Waals surface area contributed by atoms with Crippen molar-refractivity contribution in [2.45, 2.75) is 64.6 Å². The third-order valence-corrected chi connectivity index (χ3v) is 8.55. The molecule has 224 valence electrons. The number of anilines is 1. The molecule has 3 fully saturated rings. The number of carbonyl (C=O) groups is 5. The van der Waals surface area contributed by atoms with Gasteiger partial charge >= 0.3 is 0 Å². The van der Waals surface area contributed by atoms with Crippen molar-refractivity contribution in [1.82, 2.24) is 25.3 Å². The van der Waals surface area contributed by atoms with Crippen molar-refractivity contribution in [1.29, 1.82) is 0 Å². The smallest absolute Gasteiger partial charge is 0.251 e. The molecule has 0 spiro atoms. The Morgan fingerprint density at radius 1 is 1.00 bits per heavy atom. The third kappa shape index (κ3) is 7.25. The number of amides is 4. The molecule has 3 saturated heterocycles. The van der Waals surface area contributed by atoms with Crippen LogP contribution in [0.15, 0.2) is 24.3 Å². The zero-order valence-corrected chi connectivity index (χ0v) is 24.7. The molecule has 11 heteroatoms. The Kier molecular flexibility index (Phi) is 10.0. The number of nitrogens with one attached hydrogen (secondary N) is 2. The van der Waals surface area contributed by atoms with Gasteiger partial charge in [-0.1, -0.05) is 13.8 Å². The largest absolute Gasteiger partial charge is 0.369 e. The topological polar surface area (TPSA) is 122 Å². The Labute approximate surface area is 242 Å². The average Bonchev–Trinajstić information content (AvgIpc) is 3.53. The van der Waals surface area contributed by atoms with Crippen molar-refractivity contribution in [2.24, 2.45) is 5.92 Å². The SMILES string of the molecule is CCC(NC(C)=O)C(=O)N1CC(=O)C2C1CCN2C(=O)CC(C)CCNC(=O)c1ccc(N2CCN(C)CC2)cc1. The number of rotatable bonds is 10. The summed E-state index contributed by atoms with van der Waals surface area (Å²) in [7, 11) is 2.12. The van der Waals surface area contributed by atoms with Gasteiger partial charge in [0.1, 0.15) is 12.1 Å². The molecule has 4 atom stereocenters. The molecule has 2 N–H and O–H groups in total. The Morgan fingerprint density at radius 3 is 2.32 bits per heavy atom. The highest BCUT2D eigenvalue weighted by atomic mass is 16.2. The predicted molar refractivity (Wildman–Crippen MR) is 155 cm³/mol. The van der Waals surface area contributed by atoms with E-state index in [-0.39, 0.29) is 54.3 Å². The lowest BCUT2D eigenvalue weighted by Gasteiger charge is -2.34. The Hall–Kier alpha value is -3.47. The summed E-state index contributed by atoms with van der Waals surface area (Å²) in [5, 5.41) is 5.62. The summed E-state index contributed by atoms with van der Waals surface area (Å²) in [6.45, 7) is 9.97. The number of piperazine rings is 1. The van der Waals surface area contributed by atoms with Crippen LogP contribution in [0.1, 0.15) is 56.8 Å². The molecule has 4 unspecified atom stereocenters. The lowest BCUT2D eigenvalue weighted by Crippen LogP contribution is -2.50. The van der Waals surface area contributed by atoms with Crippen molar-refractivity contribution in [2.75, 3.05) is 57.8 Å². The van der Waals surface area contributed by atoms with Gasteiger partial charge in [0.2, 0.25) is 17.7 Å². The van der Waals surface area contributed by atoms with Gasteiger partial charge in [0.05, 0.1) is 12.6 Å². The average molecular weight is 569 g/mol. The quantitative estimate of drug-likeness (QED) is 0.430. The first-order valence-corrected chi connectivity index (χ1v) is 14.8. The number of carbonyl (C=O) groups excluding carboxylic acids is 5. The molecule has 0 saturated carbocycles. The van der Waals surface area contributed by atoms with Crippen LogP contribution in [-0.4, -0.2) is 115 Å². The van der Waals surface area contributed by atoms with E-state index in [9.17, 15) is 24.0 Å². The van der Waals surface area contributed by atoms with Gasteiger partial charge in [0, 0.05) is 63.9 Å². The van der Waals surface area contributed by atoms with E-state index in [1.807, 2.05) is 38.1 Å². The maximum atomic E-state index is 13.2. The number of fused-ring (bicyclic) bond motifs is 1. The van der Waals surface area contributed by atoms with E-state index in [4.69, 9.17) is 0 Å². The summed E-state index contributed by atoms with van der Waals surface area (Å²) in [4.78, 5) is 71.1. The van der Waals surface area contributed by atoms with Gasteiger partial charge in [0.15, 0.2) is 5.78 Å². The van der Waals surface area contributed by atoms with E-state index in [1.165, 1.54) is 6.92 Å². The fourth-order valence-corrected chi connectivity index (χ4v) is 6.11. The van der Waals surface area contributed by atoms with Crippen LogP contribution in [0, 0.1) is 5.92 Å². The third-order valence-electron chi connectivity index (χ3n) is 8.55. The first-order chi connectivity index (χ1) is 19.6. The highest BCUT2D eigenvalue weighted by molar-refractivity contribution is 5.99. The van der Waals surface area contributed by atoms with E-state index in [2.05, 4.69) is 27.5 Å². The number of nitrogens with zero attached hydrogens (tertiary/aromatic N) is 4. The van der Waals surface area contributed by atoms with Gasteiger partial charge in [0.25, 0.3) is 5.91 Å². The maximum absolute atomic E-state index is 13.2. The summed E-state index contributed by atoms with van der Waals surface area (Å²) >= 11 is 0. The number of hydrogen-bond acceptors (Lipinski definition) is 7. The zero-order valence-electron chi connectivity index (χ0n) is 24.7. The second-order valence-electron chi connectivity index (χ2n) is 11.7. The number of likely N-dealkylation sites (N-methyl/N-ethyl adjacent to an activating group) is 1. The van der Waals surface area contributed by atoms with Crippen LogP contribution in [0.5, 0.6) is 0 Å². The summed E-state index contributed by atoms with van der Waals surface area (Å²) in [5.41, 5.74) is 1.73. The van der Waals surface area contributed by atoms with Gasteiger partial charge in [-0.05, 0) is 56.5 Å². The molecule has 0 aromatic heterocycles. The molecular formula is C30H44N6O5. The van der Waals surface area contributed by atoms with E-state index in [1.54, 1.807) is 9.80 Å². The van der Waals surface area contributed by atoms with Crippen LogP contribution in [0.3, 0.4) is 0 Å². The van der Waals surface area contributed by atoms with Crippen molar-refractivity contribution >= 4 is 35.1 Å². The lowest BCUT2D eigenvalue weighted by atomic mass is 10.0. The molecule has 4 amide bonds. The molecular weight excluding hydrogens is 524 g/mol. The molecule has 1 aromatic carbocycles. The first-order valence-electron chi connectivity index (χ1n) is 14.8. The van der Waals surface area contributed by atoms with Crippen molar-refractivity contribution in [3.05, 3.63) is 29.8 Å². The minimum Gasteiger partial charge on any atom is -0.369 e. The molecule has 0 bridgehead atoms. The molecule has 0 aliphatic carbocycles. The minimum absolute atomic E-state index is 0.0138. The fraction of sp³-hybridized carbons (Fsp3) is 0.633. The fourth-order valence-electron chi connectivity index (χ4n) is 6.11. The summed E-state index contributed by atoms with van der Waals surface area (Å²) in [6, 6.07) is 6.05. The number of likely N-dealkylation sites (tertiary alicyclic amines) is 2. The van der Waals surface area contributed by atoms with Crippen molar-refractivity contribution in [3.8, 4) is 0 Å². The Morgan fingerprint density at radius 2 is 1.68 bits per heavy atom. The molecule has 4 rings (SSSR count). The number of Topliss-reactive ketones (excluding diaryl/α,β-unsaturated/α-hetero) is 1. The van der Waals surface area contributed by atoms with Crippen LogP contribution < -0.4 is 15.5 Å². The van der Waals surface area contributed by atoms with Crippen LogP contribution in [0.25, 0.3) is 0 Å². The van der Waals surface area contributed by atoms with Crippen molar-refractivity contribution in [3.63, 3.8) is 0 Å². The molecule has 41 heavy (non-hydrogen) atoms. The summed E-state index contributed by atoms with van der Waals surface area (Å²) < 4.78 is 0. The predicted octanol–water partition coefficient (Wildman–Crippen LogP) is 0.880. The van der Waals surface area contributed by atoms with Crippen LogP contribution in [0.2, 0.25) is 0 Å². The van der Waals surface area contributed by atoms with Crippen LogP contribution in [-0.2, 0) is 19.2 Å². The van der Waals surface area contributed by atoms with Gasteiger partial charge in [-0.2, -0.15) is 0 Å². The highest BCUT2D eigenvalue weighted by Gasteiger charge is 2.52. The van der Waals surface area contributed by atoms with Crippen molar-refractivity contribution < 1.29 is 24.0 Å². The second-order valence-corrected chi connectivity index (χ2v) is 11.7. The number of hydrogen-bond donors (Lipinski definition) is 2. The highest BCUT2D eigenvalue weighted by Crippen LogP contribution is 2.31. The lowest BCUT2D eigenvalue weighted by molar-refractivity contribution is -0.137. The molecule has 3 aliphatic rings. The van der Waals surface area contributed by atoms with E-state index in [0.717, 1.165) is 31.9 Å². The Balaban J connectivity index is 1.22. The molecule has 3 aliphatic heterocycles. The summed E-state index contributed by atoms with van der Waals surface area (Å²) in [5.74, 6) is -0.921.